The van der Waals surface area contributed by atoms with Gasteiger partial charge < -0.3 is 14.8 Å². The number of unbranched alkanes of at least 4 members (excludes halogenated alkanes) is 1. The van der Waals surface area contributed by atoms with Crippen molar-refractivity contribution < 1.29 is 9.47 Å². The summed E-state index contributed by atoms with van der Waals surface area (Å²) in [4.78, 5) is 0. The topological polar surface area (TPSA) is 30.5 Å². The van der Waals surface area contributed by atoms with E-state index in [9.17, 15) is 0 Å². The smallest absolute Gasteiger partial charge is 0.122 e. The molecule has 1 aromatic rings. The zero-order chi connectivity index (χ0) is 14.8. The second-order valence-corrected chi connectivity index (χ2v) is 5.27. The second kappa shape index (κ2) is 9.78. The first-order valence-corrected chi connectivity index (χ1v) is 7.64. The molecule has 3 nitrogen and oxygen atoms in total. The maximum Gasteiger partial charge on any atom is 0.122 e. The van der Waals surface area contributed by atoms with Crippen LogP contribution in [-0.4, -0.2) is 32.9 Å². The van der Waals surface area contributed by atoms with Gasteiger partial charge in [-0.05, 0) is 56.5 Å². The van der Waals surface area contributed by atoms with Crippen molar-refractivity contribution in [2.75, 3.05) is 32.9 Å². The number of benzene rings is 1. The molecule has 3 heteroatoms. The molecule has 0 aliphatic carbocycles. The Morgan fingerprint density at radius 3 is 2.55 bits per heavy atom. The number of rotatable bonds is 10. The minimum absolute atomic E-state index is 0.610. The lowest BCUT2D eigenvalue weighted by Crippen LogP contribution is -2.21. The highest BCUT2D eigenvalue weighted by Crippen LogP contribution is 2.23. The maximum absolute atomic E-state index is 5.80. The molecule has 0 bridgehead atoms. The van der Waals surface area contributed by atoms with E-state index in [4.69, 9.17) is 9.47 Å². The molecule has 0 fully saturated rings. The molecule has 0 atom stereocenters. The molecule has 1 N–H and O–H groups in total. The SMILES string of the molecule is CCCCNCCOCCOc1cc(C)cc(C)c1C. The van der Waals surface area contributed by atoms with Crippen LogP contribution < -0.4 is 10.1 Å². The summed E-state index contributed by atoms with van der Waals surface area (Å²) in [5, 5.41) is 3.35. The third kappa shape index (κ3) is 6.40. The van der Waals surface area contributed by atoms with Gasteiger partial charge in [0.1, 0.15) is 12.4 Å². The Hall–Kier alpha value is -1.06. The second-order valence-electron chi connectivity index (χ2n) is 5.27. The van der Waals surface area contributed by atoms with Crippen LogP contribution in [-0.2, 0) is 4.74 Å². The Kier molecular flexibility index (Phi) is 8.31. The fourth-order valence-electron chi connectivity index (χ4n) is 2.03. The number of ether oxygens (including phenoxy) is 2. The molecule has 0 unspecified atom stereocenters. The van der Waals surface area contributed by atoms with Crippen LogP contribution in [0.2, 0.25) is 0 Å². The minimum Gasteiger partial charge on any atom is -0.491 e. The summed E-state index contributed by atoms with van der Waals surface area (Å²) in [6, 6.07) is 4.27. The summed E-state index contributed by atoms with van der Waals surface area (Å²) in [6.07, 6.45) is 2.46. The lowest BCUT2D eigenvalue weighted by atomic mass is 10.1. The van der Waals surface area contributed by atoms with Crippen molar-refractivity contribution in [1.29, 1.82) is 0 Å². The molecule has 114 valence electrons. The van der Waals surface area contributed by atoms with Crippen LogP contribution in [0.15, 0.2) is 12.1 Å². The van der Waals surface area contributed by atoms with E-state index in [0.717, 1.165) is 25.4 Å². The molecule has 0 amide bonds. The highest BCUT2D eigenvalue weighted by atomic mass is 16.5. The summed E-state index contributed by atoms with van der Waals surface area (Å²) < 4.78 is 11.3. The van der Waals surface area contributed by atoms with Crippen LogP contribution in [0.25, 0.3) is 0 Å². The summed E-state index contributed by atoms with van der Waals surface area (Å²) >= 11 is 0. The van der Waals surface area contributed by atoms with E-state index in [1.807, 2.05) is 0 Å². The summed E-state index contributed by atoms with van der Waals surface area (Å²) in [5.74, 6) is 0.979. The van der Waals surface area contributed by atoms with Crippen molar-refractivity contribution in [3.8, 4) is 5.75 Å². The zero-order valence-corrected chi connectivity index (χ0v) is 13.4. The predicted octanol–water partition coefficient (Wildman–Crippen LogP) is 3.40. The van der Waals surface area contributed by atoms with Crippen molar-refractivity contribution in [3.63, 3.8) is 0 Å². The Balaban J connectivity index is 2.13. The summed E-state index contributed by atoms with van der Waals surface area (Å²) in [6.45, 7) is 12.5. The van der Waals surface area contributed by atoms with Gasteiger partial charge in [0.05, 0.1) is 13.2 Å². The third-order valence-electron chi connectivity index (χ3n) is 3.38. The first-order chi connectivity index (χ1) is 9.65. The van der Waals surface area contributed by atoms with Crippen LogP contribution in [0.4, 0.5) is 0 Å². The van der Waals surface area contributed by atoms with Gasteiger partial charge in [0.2, 0.25) is 0 Å². The number of hydrogen-bond acceptors (Lipinski definition) is 3. The maximum atomic E-state index is 5.80. The van der Waals surface area contributed by atoms with Crippen LogP contribution in [0.3, 0.4) is 0 Å². The third-order valence-corrected chi connectivity index (χ3v) is 3.38. The van der Waals surface area contributed by atoms with Crippen molar-refractivity contribution >= 4 is 0 Å². The minimum atomic E-state index is 0.610. The zero-order valence-electron chi connectivity index (χ0n) is 13.4. The van der Waals surface area contributed by atoms with Gasteiger partial charge in [0.25, 0.3) is 0 Å². The van der Waals surface area contributed by atoms with Crippen LogP contribution in [0.1, 0.15) is 36.5 Å². The normalized spacial score (nSPS) is 10.8. The summed E-state index contributed by atoms with van der Waals surface area (Å²) in [7, 11) is 0. The Bertz CT molecular complexity index is 391. The molecule has 0 aromatic heterocycles. The molecular formula is C17H29NO2. The van der Waals surface area contributed by atoms with Gasteiger partial charge in [-0.1, -0.05) is 19.4 Å². The first kappa shape index (κ1) is 17.0. The highest BCUT2D eigenvalue weighted by molar-refractivity contribution is 5.41. The van der Waals surface area contributed by atoms with E-state index in [0.29, 0.717) is 13.2 Å². The van der Waals surface area contributed by atoms with Gasteiger partial charge in [-0.25, -0.2) is 0 Å². The fraction of sp³-hybridized carbons (Fsp3) is 0.647. The molecule has 0 aliphatic heterocycles. The van der Waals surface area contributed by atoms with Gasteiger partial charge in [0.15, 0.2) is 0 Å². The number of nitrogens with one attached hydrogen (secondary N) is 1. The average Bonchev–Trinajstić information content (AvgIpc) is 2.42. The molecule has 0 saturated carbocycles. The Morgan fingerprint density at radius 2 is 1.80 bits per heavy atom. The predicted molar refractivity (Wildman–Crippen MR) is 84.7 cm³/mol. The molecule has 1 aromatic carbocycles. The standard InChI is InChI=1S/C17H29NO2/c1-5-6-7-18-8-9-19-10-11-20-17-13-14(2)12-15(3)16(17)4/h12-13,18H,5-11H2,1-4H3. The monoisotopic (exact) mass is 279 g/mol. The van der Waals surface area contributed by atoms with Crippen LogP contribution >= 0.6 is 0 Å². The van der Waals surface area contributed by atoms with Gasteiger partial charge in [0, 0.05) is 6.54 Å². The van der Waals surface area contributed by atoms with Gasteiger partial charge in [-0.2, -0.15) is 0 Å². The first-order valence-electron chi connectivity index (χ1n) is 7.64. The van der Waals surface area contributed by atoms with E-state index >= 15 is 0 Å². The lowest BCUT2D eigenvalue weighted by molar-refractivity contribution is 0.101. The number of aryl methyl sites for hydroxylation is 2. The largest absolute Gasteiger partial charge is 0.491 e. The Morgan fingerprint density at radius 1 is 1.00 bits per heavy atom. The molecule has 20 heavy (non-hydrogen) atoms. The van der Waals surface area contributed by atoms with E-state index in [-0.39, 0.29) is 0 Å². The van der Waals surface area contributed by atoms with Crippen molar-refractivity contribution in [1.82, 2.24) is 5.32 Å². The van der Waals surface area contributed by atoms with Crippen molar-refractivity contribution in [3.05, 3.63) is 28.8 Å². The van der Waals surface area contributed by atoms with E-state index < -0.39 is 0 Å². The van der Waals surface area contributed by atoms with Gasteiger partial charge >= 0.3 is 0 Å². The molecule has 1 rings (SSSR count). The molecule has 0 aliphatic rings. The molecule has 0 saturated heterocycles. The molecular weight excluding hydrogens is 250 g/mol. The quantitative estimate of drug-likeness (QED) is 0.666. The van der Waals surface area contributed by atoms with Crippen LogP contribution in [0.5, 0.6) is 5.75 Å². The number of hydrogen-bond donors (Lipinski definition) is 1. The van der Waals surface area contributed by atoms with E-state index in [1.54, 1.807) is 0 Å². The molecule has 0 radical (unpaired) electrons. The lowest BCUT2D eigenvalue weighted by Gasteiger charge is -2.12. The van der Waals surface area contributed by atoms with Crippen molar-refractivity contribution in [2.45, 2.75) is 40.5 Å². The average molecular weight is 279 g/mol. The van der Waals surface area contributed by atoms with Crippen molar-refractivity contribution in [2.24, 2.45) is 0 Å². The molecule has 0 spiro atoms. The van der Waals surface area contributed by atoms with E-state index in [2.05, 4.69) is 45.1 Å². The van der Waals surface area contributed by atoms with Crippen LogP contribution in [0, 0.1) is 20.8 Å². The fourth-order valence-corrected chi connectivity index (χ4v) is 2.03. The Labute approximate surface area is 123 Å². The van der Waals surface area contributed by atoms with E-state index in [1.165, 1.54) is 29.5 Å². The highest BCUT2D eigenvalue weighted by Gasteiger charge is 2.03. The van der Waals surface area contributed by atoms with Gasteiger partial charge in [-0.3, -0.25) is 0 Å². The van der Waals surface area contributed by atoms with Gasteiger partial charge in [-0.15, -0.1) is 0 Å². The molecule has 0 heterocycles. The summed E-state index contributed by atoms with van der Waals surface area (Å²) in [5.41, 5.74) is 3.74.